The van der Waals surface area contributed by atoms with Crippen molar-refractivity contribution in [1.29, 1.82) is 0 Å². The number of methoxy groups -OCH3 is 2. The number of aromatic nitrogens is 1. The summed E-state index contributed by atoms with van der Waals surface area (Å²) in [5.74, 6) is 1.44. The molecule has 3 aromatic rings. The molecule has 2 heterocycles. The van der Waals surface area contributed by atoms with Crippen LogP contribution in [0.15, 0.2) is 41.2 Å². The average molecular weight is 537 g/mol. The maximum atomic E-state index is 13.1. The van der Waals surface area contributed by atoms with Gasteiger partial charge in [0.25, 0.3) is 5.56 Å². The number of H-pyrrole nitrogens is 1. The Balaban J connectivity index is 1.51. The van der Waals surface area contributed by atoms with E-state index in [2.05, 4.69) is 53.0 Å². The Kier molecular flexibility index (Phi) is 9.28. The van der Waals surface area contributed by atoms with E-state index in [0.29, 0.717) is 30.0 Å². The number of likely N-dealkylation sites (N-methyl/N-ethyl adjacent to an activating group) is 1. The number of aromatic amines is 1. The molecule has 0 saturated carbocycles. The highest BCUT2D eigenvalue weighted by Gasteiger charge is 2.26. The number of nitrogens with zero attached hydrogens (tertiary/aromatic N) is 2. The number of thiocarbonyl (C=S) groups is 1. The number of aryl methyl sites for hydroxylation is 2. The van der Waals surface area contributed by atoms with Gasteiger partial charge in [-0.25, -0.2) is 0 Å². The van der Waals surface area contributed by atoms with Crippen molar-refractivity contribution in [3.63, 3.8) is 0 Å². The van der Waals surface area contributed by atoms with E-state index in [0.717, 1.165) is 65.8 Å². The zero-order chi connectivity index (χ0) is 27.2. The summed E-state index contributed by atoms with van der Waals surface area (Å²) in [7, 11) is 3.28. The number of fused-ring (bicyclic) bond motifs is 1. The van der Waals surface area contributed by atoms with Gasteiger partial charge >= 0.3 is 0 Å². The minimum Gasteiger partial charge on any atom is -0.493 e. The third-order valence-corrected chi connectivity index (χ3v) is 8.15. The van der Waals surface area contributed by atoms with Crippen LogP contribution in [0.4, 0.5) is 0 Å². The fourth-order valence-corrected chi connectivity index (χ4v) is 5.59. The fourth-order valence-electron chi connectivity index (χ4n) is 5.35. The van der Waals surface area contributed by atoms with Gasteiger partial charge in [0.15, 0.2) is 16.6 Å². The number of rotatable bonds is 10. The van der Waals surface area contributed by atoms with Gasteiger partial charge in [0, 0.05) is 24.7 Å². The molecule has 1 saturated heterocycles. The Hall–Kier alpha value is -3.10. The molecular formula is C30H40N4O3S. The zero-order valence-electron chi connectivity index (χ0n) is 23.2. The molecule has 0 aliphatic carbocycles. The molecule has 1 aromatic heterocycles. The maximum Gasteiger partial charge on any atom is 0.253 e. The molecule has 38 heavy (non-hydrogen) atoms. The predicted molar refractivity (Wildman–Crippen MR) is 159 cm³/mol. The second-order valence-electron chi connectivity index (χ2n) is 10.1. The van der Waals surface area contributed by atoms with E-state index >= 15 is 0 Å². The molecule has 4 rings (SSSR count). The predicted octanol–water partition coefficient (Wildman–Crippen LogP) is 4.57. The normalized spacial score (nSPS) is 15.6. The lowest BCUT2D eigenvalue weighted by Gasteiger charge is -2.32. The van der Waals surface area contributed by atoms with Crippen LogP contribution in [0, 0.1) is 13.8 Å². The number of ether oxygens (including phenoxy) is 2. The van der Waals surface area contributed by atoms with Crippen molar-refractivity contribution in [1.82, 2.24) is 20.1 Å². The standard InChI is InChI=1S/C30H40N4O3S/c1-6-33-15-7-8-25(33)19-34(18-24-17-23-11-9-20(2)21(3)28(23)32-29(24)35)30(38)31-14-13-22-10-12-26(36-4)27(16-22)37-5/h9-12,16-17,25H,6-8,13-15,18-19H2,1-5H3,(H,31,38)(H,32,35). The molecule has 1 aliphatic heterocycles. The summed E-state index contributed by atoms with van der Waals surface area (Å²) in [5, 5.41) is 5.17. The number of benzene rings is 2. The van der Waals surface area contributed by atoms with Crippen LogP contribution in [-0.4, -0.2) is 66.3 Å². The van der Waals surface area contributed by atoms with E-state index in [9.17, 15) is 4.79 Å². The number of nitrogens with one attached hydrogen (secondary N) is 2. The lowest BCUT2D eigenvalue weighted by atomic mass is 10.0. The van der Waals surface area contributed by atoms with Crippen LogP contribution in [0.25, 0.3) is 10.9 Å². The highest BCUT2D eigenvalue weighted by Crippen LogP contribution is 2.27. The molecule has 2 aromatic carbocycles. The fraction of sp³-hybridized carbons (Fsp3) is 0.467. The molecule has 1 unspecified atom stereocenters. The minimum atomic E-state index is -0.0527. The number of hydrogen-bond donors (Lipinski definition) is 2. The van der Waals surface area contributed by atoms with Crippen LogP contribution in [0.3, 0.4) is 0 Å². The molecule has 0 spiro atoms. The maximum absolute atomic E-state index is 13.1. The van der Waals surface area contributed by atoms with Gasteiger partial charge in [-0.2, -0.15) is 0 Å². The van der Waals surface area contributed by atoms with Gasteiger partial charge in [0.05, 0.1) is 26.3 Å². The molecule has 1 aliphatic rings. The lowest BCUT2D eigenvalue weighted by Crippen LogP contribution is -2.47. The summed E-state index contributed by atoms with van der Waals surface area (Å²) in [6.45, 7) is 10.4. The molecular weight excluding hydrogens is 496 g/mol. The van der Waals surface area contributed by atoms with Crippen LogP contribution in [-0.2, 0) is 13.0 Å². The van der Waals surface area contributed by atoms with Crippen LogP contribution < -0.4 is 20.3 Å². The Labute approximate surface area is 231 Å². The van der Waals surface area contributed by atoms with Crippen molar-refractivity contribution in [2.45, 2.75) is 52.6 Å². The highest BCUT2D eigenvalue weighted by molar-refractivity contribution is 7.80. The van der Waals surface area contributed by atoms with E-state index in [1.54, 1.807) is 14.2 Å². The topological polar surface area (TPSA) is 69.8 Å². The van der Waals surface area contributed by atoms with Crippen LogP contribution in [0.2, 0.25) is 0 Å². The monoisotopic (exact) mass is 536 g/mol. The van der Waals surface area contributed by atoms with Crippen molar-refractivity contribution in [2.75, 3.05) is 40.4 Å². The molecule has 0 amide bonds. The molecule has 2 N–H and O–H groups in total. The van der Waals surface area contributed by atoms with Gasteiger partial charge in [-0.3, -0.25) is 9.69 Å². The number of pyridine rings is 1. The first-order valence-electron chi connectivity index (χ1n) is 13.4. The molecule has 8 heteroatoms. The molecule has 0 radical (unpaired) electrons. The molecule has 0 bridgehead atoms. The van der Waals surface area contributed by atoms with Gasteiger partial charge in [-0.05, 0) is 98.7 Å². The summed E-state index contributed by atoms with van der Waals surface area (Å²) in [6, 6.07) is 12.6. The Morgan fingerprint density at radius 3 is 2.68 bits per heavy atom. The zero-order valence-corrected chi connectivity index (χ0v) is 24.0. The average Bonchev–Trinajstić information content (AvgIpc) is 3.38. The molecule has 204 valence electrons. The Morgan fingerprint density at radius 2 is 1.95 bits per heavy atom. The van der Waals surface area contributed by atoms with E-state index < -0.39 is 0 Å². The van der Waals surface area contributed by atoms with E-state index in [4.69, 9.17) is 21.7 Å². The second kappa shape index (κ2) is 12.6. The molecule has 1 fully saturated rings. The summed E-state index contributed by atoms with van der Waals surface area (Å²) < 4.78 is 10.8. The summed E-state index contributed by atoms with van der Waals surface area (Å²) in [6.07, 6.45) is 3.13. The largest absolute Gasteiger partial charge is 0.493 e. The first-order valence-corrected chi connectivity index (χ1v) is 13.8. The van der Waals surface area contributed by atoms with E-state index in [1.807, 2.05) is 24.3 Å². The number of hydrogen-bond acceptors (Lipinski definition) is 5. The van der Waals surface area contributed by atoms with Gasteiger partial charge in [-0.15, -0.1) is 0 Å². The van der Waals surface area contributed by atoms with Crippen molar-refractivity contribution in [3.05, 3.63) is 69.0 Å². The Bertz CT molecular complexity index is 1340. The minimum absolute atomic E-state index is 0.0527. The highest BCUT2D eigenvalue weighted by atomic mass is 32.1. The van der Waals surface area contributed by atoms with Crippen LogP contribution >= 0.6 is 12.2 Å². The smallest absolute Gasteiger partial charge is 0.253 e. The van der Waals surface area contributed by atoms with Crippen LogP contribution in [0.1, 0.15) is 42.0 Å². The SMILES string of the molecule is CCN1CCCC1CN(Cc1cc2ccc(C)c(C)c2[nH]c1=O)C(=S)NCCc1ccc(OC)c(OC)c1. The summed E-state index contributed by atoms with van der Waals surface area (Å²) >= 11 is 5.90. The van der Waals surface area contributed by atoms with Gasteiger partial charge in [0.2, 0.25) is 0 Å². The van der Waals surface area contributed by atoms with Crippen molar-refractivity contribution in [2.24, 2.45) is 0 Å². The van der Waals surface area contributed by atoms with Gasteiger partial charge in [0.1, 0.15) is 0 Å². The summed E-state index contributed by atoms with van der Waals surface area (Å²) in [4.78, 5) is 21.0. The second-order valence-corrected chi connectivity index (χ2v) is 10.5. The van der Waals surface area contributed by atoms with Crippen molar-refractivity contribution >= 4 is 28.2 Å². The third-order valence-electron chi connectivity index (χ3n) is 7.75. The first-order chi connectivity index (χ1) is 18.3. The summed E-state index contributed by atoms with van der Waals surface area (Å²) in [5.41, 5.74) is 5.00. The van der Waals surface area contributed by atoms with Gasteiger partial charge < -0.3 is 24.7 Å². The number of likely N-dealkylation sites (tertiary alicyclic amines) is 1. The lowest BCUT2D eigenvalue weighted by molar-refractivity contribution is 0.219. The van der Waals surface area contributed by atoms with E-state index in [1.165, 1.54) is 12.0 Å². The molecule has 7 nitrogen and oxygen atoms in total. The van der Waals surface area contributed by atoms with Crippen LogP contribution in [0.5, 0.6) is 11.5 Å². The van der Waals surface area contributed by atoms with E-state index in [-0.39, 0.29) is 5.56 Å². The molecule has 1 atom stereocenters. The van der Waals surface area contributed by atoms with Crippen molar-refractivity contribution in [3.8, 4) is 11.5 Å². The third kappa shape index (κ3) is 6.30. The Morgan fingerprint density at radius 1 is 1.16 bits per heavy atom. The quantitative estimate of drug-likeness (QED) is 0.368. The first kappa shape index (κ1) is 27.9. The van der Waals surface area contributed by atoms with Gasteiger partial charge in [-0.1, -0.05) is 25.1 Å². The van der Waals surface area contributed by atoms with Crippen molar-refractivity contribution < 1.29 is 9.47 Å².